The molecule has 1 aromatic rings. The van der Waals surface area contributed by atoms with Crippen molar-refractivity contribution < 1.29 is 4.74 Å². The van der Waals surface area contributed by atoms with E-state index in [4.69, 9.17) is 4.74 Å². The molecule has 0 spiro atoms. The minimum atomic E-state index is 0.266. The fourth-order valence-corrected chi connectivity index (χ4v) is 2.11. The van der Waals surface area contributed by atoms with Gasteiger partial charge in [0.2, 0.25) is 0 Å². The number of aryl methyl sites for hydroxylation is 1. The van der Waals surface area contributed by atoms with E-state index in [0.717, 1.165) is 24.4 Å². The van der Waals surface area contributed by atoms with Crippen LogP contribution in [-0.4, -0.2) is 23.4 Å². The summed E-state index contributed by atoms with van der Waals surface area (Å²) in [6, 6.07) is 0.280. The van der Waals surface area contributed by atoms with Crippen molar-refractivity contribution >= 4 is 0 Å². The fraction of sp³-hybridized carbons (Fsp3) is 0.769. The quantitative estimate of drug-likeness (QED) is 0.858. The van der Waals surface area contributed by atoms with Crippen LogP contribution < -0.4 is 10.1 Å². The van der Waals surface area contributed by atoms with Gasteiger partial charge in [0, 0.05) is 7.05 Å². The molecule has 1 rings (SSSR count). The second kappa shape index (κ2) is 5.54. The lowest BCUT2D eigenvalue weighted by Crippen LogP contribution is -2.27. The van der Waals surface area contributed by atoms with Crippen molar-refractivity contribution in [2.45, 2.75) is 40.2 Å². The normalized spacial score (nSPS) is 13.8. The van der Waals surface area contributed by atoms with Gasteiger partial charge in [-0.3, -0.25) is 4.68 Å². The molecular formula is C13H25N3O. The summed E-state index contributed by atoms with van der Waals surface area (Å²) in [5.74, 6) is 0.864. The summed E-state index contributed by atoms with van der Waals surface area (Å²) in [5, 5.41) is 7.79. The number of nitrogens with one attached hydrogen (secondary N) is 1. The van der Waals surface area contributed by atoms with Crippen LogP contribution in [0.2, 0.25) is 0 Å². The van der Waals surface area contributed by atoms with E-state index in [1.165, 1.54) is 0 Å². The van der Waals surface area contributed by atoms with Crippen molar-refractivity contribution in [1.29, 1.82) is 0 Å². The monoisotopic (exact) mass is 239 g/mol. The minimum absolute atomic E-state index is 0.266. The van der Waals surface area contributed by atoms with Gasteiger partial charge in [-0.1, -0.05) is 27.7 Å². The summed E-state index contributed by atoms with van der Waals surface area (Å²) in [6.45, 7) is 9.81. The third-order valence-corrected chi connectivity index (χ3v) is 2.77. The third kappa shape index (κ3) is 3.73. The number of nitrogens with zero attached hydrogens (tertiary/aromatic N) is 2. The highest BCUT2D eigenvalue weighted by Gasteiger charge is 2.25. The zero-order valence-electron chi connectivity index (χ0n) is 11.9. The Hall–Kier alpha value is -1.03. The first-order valence-electron chi connectivity index (χ1n) is 6.18. The molecule has 0 saturated carbocycles. The van der Waals surface area contributed by atoms with Gasteiger partial charge in [-0.2, -0.15) is 5.10 Å². The highest BCUT2D eigenvalue weighted by Crippen LogP contribution is 2.33. The van der Waals surface area contributed by atoms with Crippen LogP contribution in [0.1, 0.15) is 45.9 Å². The first-order chi connectivity index (χ1) is 7.89. The Kier molecular flexibility index (Phi) is 4.57. The molecule has 0 aliphatic heterocycles. The van der Waals surface area contributed by atoms with Crippen LogP contribution in [0, 0.1) is 5.41 Å². The van der Waals surface area contributed by atoms with Crippen molar-refractivity contribution in [3.63, 3.8) is 0 Å². The van der Waals surface area contributed by atoms with Crippen molar-refractivity contribution in [2.75, 3.05) is 13.7 Å². The first kappa shape index (κ1) is 14.0. The van der Waals surface area contributed by atoms with E-state index >= 15 is 0 Å². The predicted octanol–water partition coefficient (Wildman–Crippen LogP) is 2.52. The number of hydrogen-bond donors (Lipinski definition) is 1. The Morgan fingerprint density at radius 3 is 2.59 bits per heavy atom. The van der Waals surface area contributed by atoms with Gasteiger partial charge in [0.05, 0.1) is 25.0 Å². The lowest BCUT2D eigenvalue weighted by Gasteiger charge is -2.27. The molecular weight excluding hydrogens is 214 g/mol. The molecule has 0 aromatic carbocycles. The van der Waals surface area contributed by atoms with Crippen LogP contribution in [0.4, 0.5) is 0 Å². The van der Waals surface area contributed by atoms with Gasteiger partial charge >= 0.3 is 0 Å². The van der Waals surface area contributed by atoms with Gasteiger partial charge in [-0.15, -0.1) is 0 Å². The number of aromatic nitrogens is 2. The largest absolute Gasteiger partial charge is 0.493 e. The molecule has 0 radical (unpaired) electrons. The van der Waals surface area contributed by atoms with Gasteiger partial charge in [0.1, 0.15) is 0 Å². The highest BCUT2D eigenvalue weighted by molar-refractivity contribution is 5.28. The van der Waals surface area contributed by atoms with Gasteiger partial charge < -0.3 is 10.1 Å². The molecule has 0 aliphatic carbocycles. The maximum Gasteiger partial charge on any atom is 0.161 e. The van der Waals surface area contributed by atoms with Crippen LogP contribution in [0.5, 0.6) is 5.75 Å². The molecule has 0 fully saturated rings. The van der Waals surface area contributed by atoms with E-state index in [1.807, 2.05) is 11.7 Å². The van der Waals surface area contributed by atoms with Crippen LogP contribution in [0.3, 0.4) is 0 Å². The van der Waals surface area contributed by atoms with E-state index < -0.39 is 0 Å². The molecule has 4 nitrogen and oxygen atoms in total. The number of hydrogen-bond acceptors (Lipinski definition) is 3. The Morgan fingerprint density at radius 1 is 1.47 bits per heavy atom. The zero-order valence-corrected chi connectivity index (χ0v) is 11.9. The Morgan fingerprint density at radius 2 is 2.12 bits per heavy atom. The minimum Gasteiger partial charge on any atom is -0.493 e. The molecule has 0 saturated heterocycles. The predicted molar refractivity (Wildman–Crippen MR) is 70.2 cm³/mol. The fourth-order valence-electron chi connectivity index (χ4n) is 2.11. The summed E-state index contributed by atoms with van der Waals surface area (Å²) in [5.41, 5.74) is 1.39. The molecule has 98 valence electrons. The van der Waals surface area contributed by atoms with Gasteiger partial charge in [0.15, 0.2) is 5.75 Å². The van der Waals surface area contributed by atoms with Crippen LogP contribution in [0.15, 0.2) is 6.20 Å². The smallest absolute Gasteiger partial charge is 0.161 e. The van der Waals surface area contributed by atoms with Crippen LogP contribution in [0.25, 0.3) is 0 Å². The highest BCUT2D eigenvalue weighted by atomic mass is 16.5. The second-order valence-electron chi connectivity index (χ2n) is 5.60. The average Bonchev–Trinajstić information content (AvgIpc) is 2.57. The molecule has 1 aromatic heterocycles. The summed E-state index contributed by atoms with van der Waals surface area (Å²) >= 11 is 0. The molecule has 0 bridgehead atoms. The number of ether oxygens (including phenoxy) is 1. The molecule has 17 heavy (non-hydrogen) atoms. The lowest BCUT2D eigenvalue weighted by atomic mass is 9.86. The molecule has 1 unspecified atom stereocenters. The van der Waals surface area contributed by atoms with Crippen molar-refractivity contribution in [3.8, 4) is 5.75 Å². The number of methoxy groups -OCH3 is 1. The topological polar surface area (TPSA) is 39.1 Å². The lowest BCUT2D eigenvalue weighted by molar-refractivity contribution is 0.298. The Bertz CT molecular complexity index is 352. The Labute approximate surface area is 104 Å². The van der Waals surface area contributed by atoms with E-state index in [2.05, 4.69) is 38.1 Å². The van der Waals surface area contributed by atoms with Crippen molar-refractivity contribution in [2.24, 2.45) is 12.5 Å². The summed E-state index contributed by atoms with van der Waals surface area (Å²) in [7, 11) is 3.66. The van der Waals surface area contributed by atoms with Crippen molar-refractivity contribution in [1.82, 2.24) is 15.1 Å². The van der Waals surface area contributed by atoms with Crippen LogP contribution in [-0.2, 0) is 7.05 Å². The molecule has 1 N–H and O–H groups in total. The second-order valence-corrected chi connectivity index (χ2v) is 5.60. The SMILES string of the molecule is CCNC(CC(C)(C)C)c1c(OC)cnn1C. The number of rotatable bonds is 5. The summed E-state index contributed by atoms with van der Waals surface area (Å²) in [6.07, 6.45) is 2.83. The van der Waals surface area contributed by atoms with E-state index in [9.17, 15) is 0 Å². The maximum atomic E-state index is 5.38. The van der Waals surface area contributed by atoms with Gasteiger partial charge in [0.25, 0.3) is 0 Å². The summed E-state index contributed by atoms with van der Waals surface area (Å²) in [4.78, 5) is 0. The third-order valence-electron chi connectivity index (χ3n) is 2.77. The van der Waals surface area contributed by atoms with E-state index in [0.29, 0.717) is 0 Å². The Balaban J connectivity index is 3.00. The van der Waals surface area contributed by atoms with Gasteiger partial charge in [-0.25, -0.2) is 0 Å². The summed E-state index contributed by atoms with van der Waals surface area (Å²) < 4.78 is 7.29. The average molecular weight is 239 g/mol. The molecule has 1 atom stereocenters. The first-order valence-corrected chi connectivity index (χ1v) is 6.18. The standard InChI is InChI=1S/C13H25N3O/c1-7-14-10(8-13(2,3)4)12-11(17-6)9-15-16(12)5/h9-10,14H,7-8H2,1-6H3. The molecule has 4 heteroatoms. The maximum absolute atomic E-state index is 5.38. The van der Waals surface area contributed by atoms with Crippen LogP contribution >= 0.6 is 0 Å². The molecule has 0 aliphatic rings. The molecule has 0 amide bonds. The molecule has 1 heterocycles. The van der Waals surface area contributed by atoms with E-state index in [1.54, 1.807) is 13.3 Å². The van der Waals surface area contributed by atoms with Gasteiger partial charge in [-0.05, 0) is 18.4 Å². The zero-order chi connectivity index (χ0) is 13.1. The van der Waals surface area contributed by atoms with Crippen molar-refractivity contribution in [3.05, 3.63) is 11.9 Å². The van der Waals surface area contributed by atoms with E-state index in [-0.39, 0.29) is 11.5 Å².